The number of nitrogens with one attached hydrogen (secondary N) is 1. The van der Waals surface area contributed by atoms with Crippen molar-refractivity contribution < 1.29 is 13.2 Å². The lowest BCUT2D eigenvalue weighted by molar-refractivity contribution is 0.112. The Kier molecular flexibility index (Phi) is 3.92. The SMILES string of the molecule is CS(=O)(=O)N(Cc1ccccc1)c1cc2cccc(C=O)c2[nH]1. The number of fused-ring (bicyclic) bond motifs is 1. The Morgan fingerprint density at radius 3 is 2.48 bits per heavy atom. The third kappa shape index (κ3) is 3.12. The summed E-state index contributed by atoms with van der Waals surface area (Å²) >= 11 is 0. The van der Waals surface area contributed by atoms with E-state index in [1.165, 1.54) is 10.6 Å². The van der Waals surface area contributed by atoms with Crippen LogP contribution in [-0.4, -0.2) is 25.9 Å². The van der Waals surface area contributed by atoms with Gasteiger partial charge < -0.3 is 4.98 Å². The number of anilines is 1. The summed E-state index contributed by atoms with van der Waals surface area (Å²) < 4.78 is 25.7. The van der Waals surface area contributed by atoms with Crippen molar-refractivity contribution in [3.8, 4) is 0 Å². The van der Waals surface area contributed by atoms with Crippen LogP contribution in [-0.2, 0) is 16.6 Å². The van der Waals surface area contributed by atoms with Crippen molar-refractivity contribution in [2.24, 2.45) is 0 Å². The minimum absolute atomic E-state index is 0.225. The summed E-state index contributed by atoms with van der Waals surface area (Å²) in [6.45, 7) is 0.225. The van der Waals surface area contributed by atoms with E-state index >= 15 is 0 Å². The number of sulfonamides is 1. The van der Waals surface area contributed by atoms with E-state index < -0.39 is 10.0 Å². The van der Waals surface area contributed by atoms with Crippen molar-refractivity contribution in [3.63, 3.8) is 0 Å². The lowest BCUT2D eigenvalue weighted by Crippen LogP contribution is -2.29. The molecule has 23 heavy (non-hydrogen) atoms. The molecule has 1 aromatic heterocycles. The maximum atomic E-state index is 12.2. The van der Waals surface area contributed by atoms with E-state index in [1.807, 2.05) is 36.4 Å². The molecule has 0 aliphatic carbocycles. The third-order valence-corrected chi connectivity index (χ3v) is 4.77. The monoisotopic (exact) mass is 328 g/mol. The van der Waals surface area contributed by atoms with Gasteiger partial charge in [0.1, 0.15) is 5.82 Å². The van der Waals surface area contributed by atoms with E-state index in [-0.39, 0.29) is 6.54 Å². The van der Waals surface area contributed by atoms with Crippen LogP contribution in [0.15, 0.2) is 54.6 Å². The van der Waals surface area contributed by atoms with E-state index in [0.29, 0.717) is 16.9 Å². The molecule has 0 spiro atoms. The summed E-state index contributed by atoms with van der Waals surface area (Å²) in [4.78, 5) is 14.2. The zero-order valence-corrected chi connectivity index (χ0v) is 13.4. The molecule has 0 radical (unpaired) electrons. The van der Waals surface area contributed by atoms with Gasteiger partial charge in [0.05, 0.1) is 18.3 Å². The van der Waals surface area contributed by atoms with Gasteiger partial charge in [-0.25, -0.2) is 8.42 Å². The molecule has 2 aromatic carbocycles. The van der Waals surface area contributed by atoms with Gasteiger partial charge in [0.2, 0.25) is 10.0 Å². The average molecular weight is 328 g/mol. The van der Waals surface area contributed by atoms with E-state index in [2.05, 4.69) is 4.98 Å². The Morgan fingerprint density at radius 2 is 1.83 bits per heavy atom. The molecule has 6 heteroatoms. The highest BCUT2D eigenvalue weighted by atomic mass is 32.2. The molecule has 118 valence electrons. The first-order valence-electron chi connectivity index (χ1n) is 7.07. The van der Waals surface area contributed by atoms with Gasteiger partial charge >= 0.3 is 0 Å². The van der Waals surface area contributed by atoms with Gasteiger partial charge in [-0.05, 0) is 17.7 Å². The van der Waals surface area contributed by atoms with Crippen LogP contribution in [0.3, 0.4) is 0 Å². The number of hydrogen-bond acceptors (Lipinski definition) is 3. The highest BCUT2D eigenvalue weighted by Gasteiger charge is 2.20. The topological polar surface area (TPSA) is 70.2 Å². The molecule has 3 aromatic rings. The van der Waals surface area contributed by atoms with Gasteiger partial charge in [0, 0.05) is 10.9 Å². The first-order valence-corrected chi connectivity index (χ1v) is 8.92. The molecule has 0 atom stereocenters. The molecule has 0 saturated carbocycles. The second-order valence-electron chi connectivity index (χ2n) is 5.34. The maximum absolute atomic E-state index is 12.2. The summed E-state index contributed by atoms with van der Waals surface area (Å²) in [7, 11) is -3.47. The molecule has 0 fully saturated rings. The molecule has 1 heterocycles. The Morgan fingerprint density at radius 1 is 1.09 bits per heavy atom. The van der Waals surface area contributed by atoms with Crippen LogP contribution in [0.4, 0.5) is 5.82 Å². The summed E-state index contributed by atoms with van der Waals surface area (Å²) in [5.74, 6) is 0.445. The van der Waals surface area contributed by atoms with E-state index in [0.717, 1.165) is 17.2 Å². The number of rotatable bonds is 5. The molecule has 0 unspecified atom stereocenters. The quantitative estimate of drug-likeness (QED) is 0.732. The summed E-state index contributed by atoms with van der Waals surface area (Å²) in [5.41, 5.74) is 2.02. The fourth-order valence-corrected chi connectivity index (χ4v) is 3.37. The highest BCUT2D eigenvalue weighted by molar-refractivity contribution is 7.92. The van der Waals surface area contributed by atoms with Crippen LogP contribution >= 0.6 is 0 Å². The van der Waals surface area contributed by atoms with Crippen molar-refractivity contribution in [3.05, 3.63) is 65.7 Å². The minimum atomic E-state index is -3.47. The van der Waals surface area contributed by atoms with Crippen LogP contribution < -0.4 is 4.31 Å². The molecule has 1 N–H and O–H groups in total. The fraction of sp³-hybridized carbons (Fsp3) is 0.118. The number of H-pyrrole nitrogens is 1. The van der Waals surface area contributed by atoms with Crippen molar-refractivity contribution >= 4 is 33.0 Å². The third-order valence-electron chi connectivity index (χ3n) is 3.64. The first-order chi connectivity index (χ1) is 11.0. The van der Waals surface area contributed by atoms with E-state index in [1.54, 1.807) is 18.2 Å². The van der Waals surface area contributed by atoms with Crippen molar-refractivity contribution in [1.29, 1.82) is 0 Å². The summed E-state index contributed by atoms with van der Waals surface area (Å²) in [5, 5.41) is 0.798. The molecule has 0 bridgehead atoms. The Balaban J connectivity index is 2.09. The lowest BCUT2D eigenvalue weighted by Gasteiger charge is -2.20. The Bertz CT molecular complexity index is 946. The normalized spacial score (nSPS) is 11.5. The number of aromatic nitrogens is 1. The Hall–Kier alpha value is -2.60. The summed E-state index contributed by atoms with van der Waals surface area (Å²) in [6.07, 6.45) is 1.92. The van der Waals surface area contributed by atoms with Gasteiger partial charge in [-0.3, -0.25) is 9.10 Å². The van der Waals surface area contributed by atoms with E-state index in [9.17, 15) is 13.2 Å². The first kappa shape index (κ1) is 15.3. The van der Waals surface area contributed by atoms with Gasteiger partial charge in [0.25, 0.3) is 0 Å². The number of aromatic amines is 1. The number of hydrogen-bond donors (Lipinski definition) is 1. The lowest BCUT2D eigenvalue weighted by atomic mass is 10.2. The second-order valence-corrected chi connectivity index (χ2v) is 7.25. The number of benzene rings is 2. The molecule has 5 nitrogen and oxygen atoms in total. The number of carbonyl (C=O) groups is 1. The number of aldehydes is 1. The molecule has 3 rings (SSSR count). The summed E-state index contributed by atoms with van der Waals surface area (Å²) in [6, 6.07) is 16.4. The smallest absolute Gasteiger partial charge is 0.233 e. The van der Waals surface area contributed by atoms with Crippen LogP contribution in [0.1, 0.15) is 15.9 Å². The molecular formula is C17H16N2O3S. The van der Waals surface area contributed by atoms with Gasteiger partial charge in [-0.2, -0.15) is 0 Å². The number of carbonyl (C=O) groups excluding carboxylic acids is 1. The van der Waals surface area contributed by atoms with Crippen LogP contribution in [0.25, 0.3) is 10.9 Å². The number of nitrogens with zero attached hydrogens (tertiary/aromatic N) is 1. The van der Waals surface area contributed by atoms with E-state index in [4.69, 9.17) is 0 Å². The van der Waals surface area contributed by atoms with Gasteiger partial charge in [-0.15, -0.1) is 0 Å². The predicted octanol–water partition coefficient (Wildman–Crippen LogP) is 2.95. The van der Waals surface area contributed by atoms with Crippen LogP contribution in [0.2, 0.25) is 0 Å². The molecule has 0 saturated heterocycles. The second kappa shape index (κ2) is 5.89. The van der Waals surface area contributed by atoms with Gasteiger partial charge in [-0.1, -0.05) is 42.5 Å². The predicted molar refractivity (Wildman–Crippen MR) is 91.2 cm³/mol. The van der Waals surface area contributed by atoms with Gasteiger partial charge in [0.15, 0.2) is 6.29 Å². The maximum Gasteiger partial charge on any atom is 0.233 e. The zero-order valence-electron chi connectivity index (χ0n) is 12.6. The van der Waals surface area contributed by atoms with Crippen molar-refractivity contribution in [2.75, 3.05) is 10.6 Å². The van der Waals surface area contributed by atoms with Crippen molar-refractivity contribution in [2.45, 2.75) is 6.54 Å². The average Bonchev–Trinajstić information content (AvgIpc) is 2.96. The minimum Gasteiger partial charge on any atom is -0.340 e. The Labute approximate surface area is 134 Å². The highest BCUT2D eigenvalue weighted by Crippen LogP contribution is 2.26. The molecule has 0 amide bonds. The molecule has 0 aliphatic rings. The fourth-order valence-electron chi connectivity index (χ4n) is 2.53. The zero-order chi connectivity index (χ0) is 16.4. The van der Waals surface area contributed by atoms with Crippen LogP contribution in [0.5, 0.6) is 0 Å². The molecule has 0 aliphatic heterocycles. The largest absolute Gasteiger partial charge is 0.340 e. The standard InChI is InChI=1S/C17H16N2O3S/c1-23(21,22)19(11-13-6-3-2-4-7-13)16-10-14-8-5-9-15(12-20)17(14)18-16/h2-10,12,18H,11H2,1H3. The van der Waals surface area contributed by atoms with Crippen LogP contribution in [0, 0.1) is 0 Å². The molecular weight excluding hydrogens is 312 g/mol. The van der Waals surface area contributed by atoms with Crippen molar-refractivity contribution in [1.82, 2.24) is 4.98 Å². The number of para-hydroxylation sites is 1.